The van der Waals surface area contributed by atoms with Gasteiger partial charge in [-0.25, -0.2) is 0 Å². The fourth-order valence-corrected chi connectivity index (χ4v) is 2.06. The third-order valence-electron chi connectivity index (χ3n) is 3.28. The van der Waals surface area contributed by atoms with Crippen molar-refractivity contribution in [1.82, 2.24) is 0 Å². The highest BCUT2D eigenvalue weighted by Gasteiger charge is 2.14. The number of aliphatic hydroxyl groups excluding tert-OH is 1. The number of rotatable bonds is 5. The van der Waals surface area contributed by atoms with Crippen molar-refractivity contribution < 1.29 is 19.4 Å². The Bertz CT molecular complexity index is 667. The van der Waals surface area contributed by atoms with Crippen molar-refractivity contribution in [2.75, 3.05) is 19.5 Å². The van der Waals surface area contributed by atoms with Gasteiger partial charge >= 0.3 is 0 Å². The van der Waals surface area contributed by atoms with Crippen LogP contribution in [-0.4, -0.2) is 25.2 Å². The molecule has 0 saturated carbocycles. The van der Waals surface area contributed by atoms with Crippen LogP contribution in [-0.2, 0) is 0 Å². The van der Waals surface area contributed by atoms with Gasteiger partial charge in [0.1, 0.15) is 11.5 Å². The van der Waals surface area contributed by atoms with E-state index < -0.39 is 6.10 Å². The predicted molar refractivity (Wildman–Crippen MR) is 84.6 cm³/mol. The molecule has 0 bridgehead atoms. The van der Waals surface area contributed by atoms with Crippen LogP contribution in [0, 0.1) is 0 Å². The van der Waals surface area contributed by atoms with Gasteiger partial charge in [-0.15, -0.1) is 0 Å². The van der Waals surface area contributed by atoms with E-state index in [2.05, 4.69) is 5.32 Å². The molecule has 5 nitrogen and oxygen atoms in total. The van der Waals surface area contributed by atoms with Gasteiger partial charge in [-0.1, -0.05) is 12.1 Å². The monoisotopic (exact) mass is 301 g/mol. The third-order valence-corrected chi connectivity index (χ3v) is 3.28. The first-order valence-corrected chi connectivity index (χ1v) is 6.86. The Balaban J connectivity index is 2.24. The van der Waals surface area contributed by atoms with Crippen molar-refractivity contribution in [3.8, 4) is 11.5 Å². The first-order valence-electron chi connectivity index (χ1n) is 6.86. The molecule has 0 saturated heterocycles. The van der Waals surface area contributed by atoms with Crippen molar-refractivity contribution in [1.29, 1.82) is 0 Å². The van der Waals surface area contributed by atoms with Crippen LogP contribution in [0.4, 0.5) is 5.69 Å². The normalized spacial score (nSPS) is 11.6. The molecule has 0 aliphatic carbocycles. The fourth-order valence-electron chi connectivity index (χ4n) is 2.06. The molecule has 0 aromatic heterocycles. The van der Waals surface area contributed by atoms with E-state index in [1.54, 1.807) is 56.5 Å². The summed E-state index contributed by atoms with van der Waals surface area (Å²) in [5.74, 6) is 0.760. The number of nitrogens with one attached hydrogen (secondary N) is 1. The van der Waals surface area contributed by atoms with Gasteiger partial charge in [-0.3, -0.25) is 4.79 Å². The molecule has 22 heavy (non-hydrogen) atoms. The number of aliphatic hydroxyl groups is 1. The maximum absolute atomic E-state index is 12.4. The van der Waals surface area contributed by atoms with Gasteiger partial charge in [0, 0.05) is 11.8 Å². The van der Waals surface area contributed by atoms with Gasteiger partial charge in [0.05, 0.1) is 25.9 Å². The summed E-state index contributed by atoms with van der Waals surface area (Å²) in [6, 6.07) is 12.1. The summed E-state index contributed by atoms with van der Waals surface area (Å²) in [5.41, 5.74) is 1.76. The zero-order valence-electron chi connectivity index (χ0n) is 12.8. The zero-order valence-corrected chi connectivity index (χ0v) is 12.8. The summed E-state index contributed by atoms with van der Waals surface area (Å²) in [6.07, 6.45) is -0.590. The Morgan fingerprint density at radius 1 is 1.14 bits per heavy atom. The molecule has 116 valence electrons. The number of hydrogen-bond donors (Lipinski definition) is 2. The molecule has 1 atom stereocenters. The molecule has 2 aromatic carbocycles. The molecule has 0 spiro atoms. The lowest BCUT2D eigenvalue weighted by Crippen LogP contribution is -2.13. The highest BCUT2D eigenvalue weighted by molar-refractivity contribution is 6.06. The molecule has 2 aromatic rings. The van der Waals surface area contributed by atoms with Crippen LogP contribution < -0.4 is 14.8 Å². The number of anilines is 1. The number of methoxy groups -OCH3 is 2. The van der Waals surface area contributed by atoms with Crippen molar-refractivity contribution in [2.24, 2.45) is 0 Å². The van der Waals surface area contributed by atoms with Gasteiger partial charge in [0.2, 0.25) is 0 Å². The Morgan fingerprint density at radius 2 is 1.91 bits per heavy atom. The van der Waals surface area contributed by atoms with E-state index in [0.29, 0.717) is 22.7 Å². The van der Waals surface area contributed by atoms with Gasteiger partial charge in [-0.2, -0.15) is 0 Å². The second-order valence-corrected chi connectivity index (χ2v) is 4.82. The predicted octanol–water partition coefficient (Wildman–Crippen LogP) is 3.01. The average molecular weight is 301 g/mol. The summed E-state index contributed by atoms with van der Waals surface area (Å²) >= 11 is 0. The molecular weight excluding hydrogens is 282 g/mol. The van der Waals surface area contributed by atoms with Crippen LogP contribution in [0.1, 0.15) is 28.9 Å². The number of carbonyl (C=O) groups excluding carboxylic acids is 1. The summed E-state index contributed by atoms with van der Waals surface area (Å²) in [7, 11) is 3.05. The second-order valence-electron chi connectivity index (χ2n) is 4.82. The molecule has 0 heterocycles. The number of ether oxygens (including phenoxy) is 2. The highest BCUT2D eigenvalue weighted by atomic mass is 16.5. The van der Waals surface area contributed by atoms with E-state index in [4.69, 9.17) is 9.47 Å². The van der Waals surface area contributed by atoms with Crippen LogP contribution in [0.5, 0.6) is 11.5 Å². The molecule has 0 aliphatic heterocycles. The lowest BCUT2D eigenvalue weighted by molar-refractivity contribution is 0.102. The molecule has 0 radical (unpaired) electrons. The average Bonchev–Trinajstić information content (AvgIpc) is 2.54. The molecule has 5 heteroatoms. The number of benzene rings is 2. The topological polar surface area (TPSA) is 67.8 Å². The maximum atomic E-state index is 12.4. The van der Waals surface area contributed by atoms with Crippen molar-refractivity contribution >= 4 is 11.6 Å². The Kier molecular flexibility index (Phi) is 5.01. The number of hydrogen-bond acceptors (Lipinski definition) is 4. The molecular formula is C17H19NO4. The largest absolute Gasteiger partial charge is 0.497 e. The van der Waals surface area contributed by atoms with E-state index in [1.807, 2.05) is 0 Å². The lowest BCUT2D eigenvalue weighted by atomic mass is 10.1. The first-order chi connectivity index (χ1) is 10.5. The SMILES string of the molecule is COc1ccc(C(=O)Nc2cccc([C@@H](C)O)c2)c(OC)c1. The van der Waals surface area contributed by atoms with E-state index >= 15 is 0 Å². The molecule has 0 unspecified atom stereocenters. The van der Waals surface area contributed by atoms with Crippen molar-refractivity contribution in [3.63, 3.8) is 0 Å². The van der Waals surface area contributed by atoms with Gasteiger partial charge in [0.25, 0.3) is 5.91 Å². The van der Waals surface area contributed by atoms with Gasteiger partial charge < -0.3 is 19.9 Å². The summed E-state index contributed by atoms with van der Waals surface area (Å²) in [4.78, 5) is 12.4. The standard InChI is InChI=1S/C17H19NO4/c1-11(19)12-5-4-6-13(9-12)18-17(20)15-8-7-14(21-2)10-16(15)22-3/h4-11,19H,1-3H3,(H,18,20)/t11-/m1/s1. The molecule has 2 N–H and O–H groups in total. The minimum atomic E-state index is -0.590. The van der Waals surface area contributed by atoms with Gasteiger partial charge in [0.15, 0.2) is 0 Å². The second kappa shape index (κ2) is 6.95. The van der Waals surface area contributed by atoms with Crippen LogP contribution in [0.15, 0.2) is 42.5 Å². The quantitative estimate of drug-likeness (QED) is 0.891. The highest BCUT2D eigenvalue weighted by Crippen LogP contribution is 2.26. The minimum Gasteiger partial charge on any atom is -0.497 e. The van der Waals surface area contributed by atoms with Crippen LogP contribution in [0.2, 0.25) is 0 Å². The Morgan fingerprint density at radius 3 is 2.55 bits per heavy atom. The van der Waals surface area contributed by atoms with E-state index in [9.17, 15) is 9.90 Å². The van der Waals surface area contributed by atoms with Crippen molar-refractivity contribution in [3.05, 3.63) is 53.6 Å². The van der Waals surface area contributed by atoms with Crippen LogP contribution >= 0.6 is 0 Å². The van der Waals surface area contributed by atoms with Crippen LogP contribution in [0.25, 0.3) is 0 Å². The first kappa shape index (κ1) is 15.9. The lowest BCUT2D eigenvalue weighted by Gasteiger charge is -2.12. The van der Waals surface area contributed by atoms with E-state index in [1.165, 1.54) is 7.11 Å². The molecule has 2 rings (SSSR count). The molecule has 0 aliphatic rings. The van der Waals surface area contributed by atoms with E-state index in [0.717, 1.165) is 5.56 Å². The summed E-state index contributed by atoms with van der Waals surface area (Å²) in [6.45, 7) is 1.67. The third kappa shape index (κ3) is 3.56. The van der Waals surface area contributed by atoms with Crippen molar-refractivity contribution in [2.45, 2.75) is 13.0 Å². The maximum Gasteiger partial charge on any atom is 0.259 e. The number of carbonyl (C=O) groups is 1. The zero-order chi connectivity index (χ0) is 16.1. The van der Waals surface area contributed by atoms with Crippen LogP contribution in [0.3, 0.4) is 0 Å². The molecule has 0 fully saturated rings. The van der Waals surface area contributed by atoms with Gasteiger partial charge in [-0.05, 0) is 36.8 Å². The smallest absolute Gasteiger partial charge is 0.259 e. The Hall–Kier alpha value is -2.53. The minimum absolute atomic E-state index is 0.290. The van der Waals surface area contributed by atoms with E-state index in [-0.39, 0.29) is 5.91 Å². The summed E-state index contributed by atoms with van der Waals surface area (Å²) < 4.78 is 10.3. The fraction of sp³-hybridized carbons (Fsp3) is 0.235. The summed E-state index contributed by atoms with van der Waals surface area (Å²) in [5, 5.41) is 12.4. The Labute approximate surface area is 129 Å². The molecule has 1 amide bonds. The number of amides is 1.